The minimum atomic E-state index is -3.85. The van der Waals surface area contributed by atoms with Crippen LogP contribution in [0.2, 0.25) is 0 Å². The molecular formula is C15H17BrN4O5S2. The highest BCUT2D eigenvalue weighted by Gasteiger charge is 2.13. The average Bonchev–Trinajstić information content (AvgIpc) is 2.56. The van der Waals surface area contributed by atoms with Gasteiger partial charge in [0.25, 0.3) is 0 Å². The lowest BCUT2D eigenvalue weighted by molar-refractivity contribution is 0.252. The van der Waals surface area contributed by atoms with Crippen LogP contribution in [0.4, 0.5) is 16.2 Å². The van der Waals surface area contributed by atoms with E-state index in [0.29, 0.717) is 5.69 Å². The number of nitrogens with one attached hydrogen (secondary N) is 3. The first-order valence-electron chi connectivity index (χ1n) is 7.49. The molecule has 0 aliphatic rings. The summed E-state index contributed by atoms with van der Waals surface area (Å²) in [5.74, 6) is -0.363. The number of nitrogens with two attached hydrogens (primary N) is 1. The smallest absolute Gasteiger partial charge is 0.319 e. The molecule has 0 aromatic heterocycles. The molecular weight excluding hydrogens is 460 g/mol. The number of anilines is 2. The van der Waals surface area contributed by atoms with Crippen LogP contribution in [0.1, 0.15) is 0 Å². The summed E-state index contributed by atoms with van der Waals surface area (Å²) >= 11 is 3.28. The van der Waals surface area contributed by atoms with Crippen molar-refractivity contribution in [3.8, 4) is 0 Å². The van der Waals surface area contributed by atoms with E-state index in [1.165, 1.54) is 24.3 Å². The Balaban J connectivity index is 1.83. The van der Waals surface area contributed by atoms with Gasteiger partial charge in [0.2, 0.25) is 20.0 Å². The molecule has 2 amide bonds. The SMILES string of the molecule is NS(=O)(=O)c1ccc(NS(=O)(=O)CCNC(=O)Nc2ccc(Br)cc2)cc1. The van der Waals surface area contributed by atoms with Crippen molar-refractivity contribution >= 4 is 53.4 Å². The van der Waals surface area contributed by atoms with E-state index in [-0.39, 0.29) is 22.9 Å². The molecule has 0 unspecified atom stereocenters. The number of primary sulfonamides is 1. The maximum atomic E-state index is 12.0. The number of sulfonamides is 2. The molecule has 0 heterocycles. The minimum Gasteiger partial charge on any atom is -0.337 e. The molecule has 2 aromatic rings. The van der Waals surface area contributed by atoms with Crippen LogP contribution in [0.5, 0.6) is 0 Å². The summed E-state index contributed by atoms with van der Waals surface area (Å²) in [5, 5.41) is 9.99. The maximum Gasteiger partial charge on any atom is 0.319 e. The molecule has 0 radical (unpaired) electrons. The van der Waals surface area contributed by atoms with Crippen molar-refractivity contribution in [2.45, 2.75) is 4.90 Å². The van der Waals surface area contributed by atoms with Gasteiger partial charge in [0.15, 0.2) is 0 Å². The first-order valence-corrected chi connectivity index (χ1v) is 11.5. The van der Waals surface area contributed by atoms with Crippen LogP contribution in [0.25, 0.3) is 0 Å². The van der Waals surface area contributed by atoms with E-state index in [1.807, 2.05) is 0 Å². The molecule has 0 aliphatic carbocycles. The Labute approximate surface area is 165 Å². The summed E-state index contributed by atoms with van der Waals surface area (Å²) in [7, 11) is -7.59. The van der Waals surface area contributed by atoms with E-state index < -0.39 is 26.1 Å². The van der Waals surface area contributed by atoms with Crippen molar-refractivity contribution in [3.05, 3.63) is 53.0 Å². The zero-order chi connectivity index (χ0) is 20.1. The van der Waals surface area contributed by atoms with Crippen LogP contribution in [0.3, 0.4) is 0 Å². The van der Waals surface area contributed by atoms with Gasteiger partial charge in [-0.2, -0.15) is 0 Å². The van der Waals surface area contributed by atoms with Crippen LogP contribution in [-0.4, -0.2) is 35.2 Å². The molecule has 27 heavy (non-hydrogen) atoms. The van der Waals surface area contributed by atoms with Gasteiger partial charge in [0.1, 0.15) is 0 Å². The summed E-state index contributed by atoms with van der Waals surface area (Å²) in [4.78, 5) is 11.6. The van der Waals surface area contributed by atoms with E-state index in [9.17, 15) is 21.6 Å². The lowest BCUT2D eigenvalue weighted by Crippen LogP contribution is -2.34. The molecule has 0 spiro atoms. The number of rotatable bonds is 7. The van der Waals surface area contributed by atoms with Crippen LogP contribution < -0.4 is 20.5 Å². The number of urea groups is 1. The minimum absolute atomic E-state index is 0.118. The molecule has 0 saturated carbocycles. The molecule has 5 N–H and O–H groups in total. The summed E-state index contributed by atoms with van der Waals surface area (Å²) < 4.78 is 49.6. The maximum absolute atomic E-state index is 12.0. The van der Waals surface area contributed by atoms with Gasteiger partial charge < -0.3 is 10.6 Å². The van der Waals surface area contributed by atoms with Crippen LogP contribution >= 0.6 is 15.9 Å². The average molecular weight is 477 g/mol. The first kappa shape index (κ1) is 21.2. The summed E-state index contributed by atoms with van der Waals surface area (Å²) in [6.45, 7) is -0.118. The quantitative estimate of drug-likeness (QED) is 0.479. The number of carbonyl (C=O) groups excluding carboxylic acids is 1. The Hall–Kier alpha value is -2.15. The second-order valence-electron chi connectivity index (χ2n) is 5.38. The van der Waals surface area contributed by atoms with Gasteiger partial charge in [0.05, 0.1) is 10.6 Å². The molecule has 9 nitrogen and oxygen atoms in total. The second-order valence-corrected chi connectivity index (χ2v) is 9.70. The molecule has 0 saturated heterocycles. The Morgan fingerprint density at radius 2 is 1.48 bits per heavy atom. The normalized spacial score (nSPS) is 11.6. The highest BCUT2D eigenvalue weighted by Crippen LogP contribution is 2.15. The number of carbonyl (C=O) groups is 1. The Morgan fingerprint density at radius 1 is 0.926 bits per heavy atom. The lowest BCUT2D eigenvalue weighted by Gasteiger charge is -2.10. The van der Waals surface area contributed by atoms with Gasteiger partial charge in [0, 0.05) is 22.4 Å². The number of benzene rings is 2. The van der Waals surface area contributed by atoms with Gasteiger partial charge in [-0.1, -0.05) is 15.9 Å². The number of amides is 2. The highest BCUT2D eigenvalue weighted by atomic mass is 79.9. The van der Waals surface area contributed by atoms with Gasteiger partial charge >= 0.3 is 6.03 Å². The monoisotopic (exact) mass is 476 g/mol. The summed E-state index contributed by atoms with van der Waals surface area (Å²) in [5.41, 5.74) is 0.744. The molecule has 146 valence electrons. The Kier molecular flexibility index (Phi) is 6.81. The van der Waals surface area contributed by atoms with Crippen LogP contribution in [-0.2, 0) is 20.0 Å². The predicted molar refractivity (Wildman–Crippen MR) is 106 cm³/mol. The first-order chi connectivity index (χ1) is 12.5. The third-order valence-corrected chi connectivity index (χ3v) is 5.96. The zero-order valence-electron chi connectivity index (χ0n) is 13.8. The highest BCUT2D eigenvalue weighted by molar-refractivity contribution is 9.10. The predicted octanol–water partition coefficient (Wildman–Crippen LogP) is 1.66. The van der Waals surface area contributed by atoms with E-state index in [2.05, 4.69) is 31.3 Å². The Bertz CT molecular complexity index is 1010. The van der Waals surface area contributed by atoms with Crippen LogP contribution in [0.15, 0.2) is 57.9 Å². The largest absolute Gasteiger partial charge is 0.337 e. The fourth-order valence-corrected chi connectivity index (χ4v) is 3.70. The van der Waals surface area contributed by atoms with E-state index >= 15 is 0 Å². The van der Waals surface area contributed by atoms with Crippen molar-refractivity contribution in [3.63, 3.8) is 0 Å². The zero-order valence-corrected chi connectivity index (χ0v) is 17.1. The number of hydrogen-bond donors (Lipinski definition) is 4. The van der Waals surface area contributed by atoms with Gasteiger partial charge in [-0.3, -0.25) is 4.72 Å². The molecule has 0 bridgehead atoms. The third-order valence-electron chi connectivity index (χ3n) is 3.21. The van der Waals surface area contributed by atoms with E-state index in [0.717, 1.165) is 4.47 Å². The molecule has 2 rings (SSSR count). The number of halogens is 1. The number of hydrogen-bond acceptors (Lipinski definition) is 5. The molecule has 0 atom stereocenters. The van der Waals surface area contributed by atoms with Crippen molar-refractivity contribution in [2.24, 2.45) is 5.14 Å². The topological polar surface area (TPSA) is 147 Å². The van der Waals surface area contributed by atoms with Crippen molar-refractivity contribution in [1.29, 1.82) is 0 Å². The molecule has 2 aromatic carbocycles. The molecule has 0 aliphatic heterocycles. The van der Waals surface area contributed by atoms with E-state index in [4.69, 9.17) is 5.14 Å². The van der Waals surface area contributed by atoms with Crippen molar-refractivity contribution in [1.82, 2.24) is 5.32 Å². The lowest BCUT2D eigenvalue weighted by atomic mass is 10.3. The summed E-state index contributed by atoms with van der Waals surface area (Å²) in [6, 6.07) is 11.3. The molecule has 12 heteroatoms. The van der Waals surface area contributed by atoms with Gasteiger partial charge in [-0.25, -0.2) is 26.8 Å². The van der Waals surface area contributed by atoms with Gasteiger partial charge in [-0.05, 0) is 48.5 Å². The van der Waals surface area contributed by atoms with Gasteiger partial charge in [-0.15, -0.1) is 0 Å². The second kappa shape index (κ2) is 8.69. The fraction of sp³-hybridized carbons (Fsp3) is 0.133. The summed E-state index contributed by atoms with van der Waals surface area (Å²) in [6.07, 6.45) is 0. The standard InChI is InChI=1S/C15H17BrN4O5S2/c16-11-1-3-12(4-2-11)19-15(21)18-9-10-26(22,23)20-13-5-7-14(8-6-13)27(17,24)25/h1-8,20H,9-10H2,(H2,17,24,25)(H2,18,19,21). The third kappa shape index (κ3) is 7.17. The van der Waals surface area contributed by atoms with Crippen molar-refractivity contribution < 1.29 is 21.6 Å². The van der Waals surface area contributed by atoms with E-state index in [1.54, 1.807) is 24.3 Å². The van der Waals surface area contributed by atoms with Crippen LogP contribution in [0, 0.1) is 0 Å². The molecule has 0 fully saturated rings. The fourth-order valence-electron chi connectivity index (χ4n) is 1.95. The van der Waals surface area contributed by atoms with Crippen molar-refractivity contribution in [2.75, 3.05) is 22.3 Å². The Morgan fingerprint density at radius 3 is 2.04 bits per heavy atom.